The Hall–Kier alpha value is -2.10. The van der Waals surface area contributed by atoms with E-state index in [1.165, 1.54) is 6.08 Å². The summed E-state index contributed by atoms with van der Waals surface area (Å²) < 4.78 is 4.74. The molecule has 0 unspecified atom stereocenters. The Labute approximate surface area is 93.9 Å². The number of rotatable bonds is 5. The highest BCUT2D eigenvalue weighted by Gasteiger charge is 1.94. The van der Waals surface area contributed by atoms with Gasteiger partial charge in [0.25, 0.3) is 0 Å². The summed E-state index contributed by atoms with van der Waals surface area (Å²) in [5, 5.41) is 2.52. The monoisotopic (exact) mass is 219 g/mol. The summed E-state index contributed by atoms with van der Waals surface area (Å²) in [5.74, 6) is -0.363. The van der Waals surface area contributed by atoms with Crippen molar-refractivity contribution in [2.45, 2.75) is 6.92 Å². The topological polar surface area (TPSA) is 55.4 Å². The normalized spacial score (nSPS) is 10.1. The minimum absolute atomic E-state index is 0.363. The van der Waals surface area contributed by atoms with Crippen LogP contribution in [0, 0.1) is 0 Å². The van der Waals surface area contributed by atoms with Gasteiger partial charge in [-0.3, -0.25) is 4.79 Å². The Kier molecular flexibility index (Phi) is 4.79. The van der Waals surface area contributed by atoms with Crippen molar-refractivity contribution in [1.29, 1.82) is 0 Å². The maximum absolute atomic E-state index is 11.0. The number of anilines is 1. The second-order valence-electron chi connectivity index (χ2n) is 2.97. The lowest BCUT2D eigenvalue weighted by atomic mass is 10.2. The fourth-order valence-corrected chi connectivity index (χ4v) is 1.11. The molecule has 0 aliphatic heterocycles. The fourth-order valence-electron chi connectivity index (χ4n) is 1.11. The van der Waals surface area contributed by atoms with E-state index in [1.54, 1.807) is 37.3 Å². The van der Waals surface area contributed by atoms with Gasteiger partial charge in [0, 0.05) is 11.8 Å². The number of hydrogen-bond donors (Lipinski definition) is 1. The lowest BCUT2D eigenvalue weighted by Crippen LogP contribution is -1.98. The highest BCUT2D eigenvalue weighted by Crippen LogP contribution is 2.09. The molecule has 0 aliphatic rings. The van der Waals surface area contributed by atoms with Gasteiger partial charge in [-0.05, 0) is 30.7 Å². The fraction of sp³-hybridized carbons (Fsp3) is 0.167. The third-order valence-corrected chi connectivity index (χ3v) is 1.83. The van der Waals surface area contributed by atoms with Crippen LogP contribution in [0.4, 0.5) is 5.69 Å². The molecule has 0 spiro atoms. The molecular weight excluding hydrogens is 206 g/mol. The van der Waals surface area contributed by atoms with Crippen LogP contribution in [0.3, 0.4) is 0 Å². The lowest BCUT2D eigenvalue weighted by molar-refractivity contribution is -0.137. The SMILES string of the molecule is CCOC(=O)/C=C/c1ccc(NC=O)cc1. The molecule has 0 heterocycles. The van der Waals surface area contributed by atoms with Gasteiger partial charge in [-0.25, -0.2) is 4.79 Å². The Morgan fingerprint density at radius 2 is 2.06 bits per heavy atom. The lowest BCUT2D eigenvalue weighted by Gasteiger charge is -1.98. The molecule has 1 amide bonds. The van der Waals surface area contributed by atoms with Crippen molar-refractivity contribution in [3.8, 4) is 0 Å². The predicted octanol–water partition coefficient (Wildman–Crippen LogP) is 1.83. The molecule has 1 aromatic rings. The zero-order valence-corrected chi connectivity index (χ0v) is 8.97. The maximum atomic E-state index is 11.0. The minimum Gasteiger partial charge on any atom is -0.463 e. The average molecular weight is 219 g/mol. The van der Waals surface area contributed by atoms with E-state index in [9.17, 15) is 9.59 Å². The average Bonchev–Trinajstić information content (AvgIpc) is 2.29. The minimum atomic E-state index is -0.363. The standard InChI is InChI=1S/C12H13NO3/c1-2-16-12(15)8-5-10-3-6-11(7-4-10)13-9-14/h3-9H,2H2,1H3,(H,13,14)/b8-5+. The first-order valence-corrected chi connectivity index (χ1v) is 4.91. The number of nitrogens with one attached hydrogen (secondary N) is 1. The predicted molar refractivity (Wildman–Crippen MR) is 61.8 cm³/mol. The van der Waals surface area contributed by atoms with E-state index >= 15 is 0 Å². The van der Waals surface area contributed by atoms with Crippen LogP contribution in [0.5, 0.6) is 0 Å². The maximum Gasteiger partial charge on any atom is 0.330 e. The van der Waals surface area contributed by atoms with Gasteiger partial charge < -0.3 is 10.1 Å². The molecule has 0 saturated heterocycles. The van der Waals surface area contributed by atoms with E-state index in [0.717, 1.165) is 5.56 Å². The molecule has 0 bridgehead atoms. The number of esters is 1. The molecule has 0 aromatic heterocycles. The molecule has 0 fully saturated rings. The first-order chi connectivity index (χ1) is 7.76. The van der Waals surface area contributed by atoms with Crippen molar-refractivity contribution in [3.63, 3.8) is 0 Å². The van der Waals surface area contributed by atoms with Gasteiger partial charge in [0.15, 0.2) is 0 Å². The molecule has 84 valence electrons. The third kappa shape index (κ3) is 3.96. The Morgan fingerprint density at radius 1 is 1.38 bits per heavy atom. The van der Waals surface area contributed by atoms with Crippen LogP contribution in [0.15, 0.2) is 30.3 Å². The number of carbonyl (C=O) groups excluding carboxylic acids is 2. The van der Waals surface area contributed by atoms with E-state index in [0.29, 0.717) is 18.7 Å². The zero-order chi connectivity index (χ0) is 11.8. The summed E-state index contributed by atoms with van der Waals surface area (Å²) in [6, 6.07) is 7.08. The molecule has 16 heavy (non-hydrogen) atoms. The van der Waals surface area contributed by atoms with Crippen molar-refractivity contribution in [2.24, 2.45) is 0 Å². The van der Waals surface area contributed by atoms with Crippen LogP contribution in [0.25, 0.3) is 6.08 Å². The van der Waals surface area contributed by atoms with E-state index in [4.69, 9.17) is 4.74 Å². The van der Waals surface area contributed by atoms with Crippen LogP contribution in [-0.4, -0.2) is 19.0 Å². The van der Waals surface area contributed by atoms with Crippen molar-refractivity contribution in [1.82, 2.24) is 0 Å². The number of ether oxygens (including phenoxy) is 1. The second kappa shape index (κ2) is 6.40. The summed E-state index contributed by atoms with van der Waals surface area (Å²) in [4.78, 5) is 21.2. The highest BCUT2D eigenvalue weighted by atomic mass is 16.5. The number of hydrogen-bond acceptors (Lipinski definition) is 3. The highest BCUT2D eigenvalue weighted by molar-refractivity contribution is 5.87. The molecule has 4 nitrogen and oxygen atoms in total. The summed E-state index contributed by atoms with van der Waals surface area (Å²) in [5.41, 5.74) is 1.58. The molecule has 0 radical (unpaired) electrons. The number of carbonyl (C=O) groups is 2. The van der Waals surface area contributed by atoms with E-state index in [2.05, 4.69) is 5.32 Å². The summed E-state index contributed by atoms with van der Waals surface area (Å²) in [6.07, 6.45) is 3.64. The number of amides is 1. The smallest absolute Gasteiger partial charge is 0.330 e. The quantitative estimate of drug-likeness (QED) is 0.467. The Balaban J connectivity index is 2.61. The van der Waals surface area contributed by atoms with E-state index < -0.39 is 0 Å². The molecule has 4 heteroatoms. The molecule has 1 N–H and O–H groups in total. The molecule has 1 aromatic carbocycles. The number of benzene rings is 1. The van der Waals surface area contributed by atoms with Gasteiger partial charge in [0.05, 0.1) is 6.61 Å². The summed E-state index contributed by atoms with van der Waals surface area (Å²) in [6.45, 7) is 2.12. The summed E-state index contributed by atoms with van der Waals surface area (Å²) in [7, 11) is 0. The van der Waals surface area contributed by atoms with Gasteiger partial charge >= 0.3 is 5.97 Å². The first kappa shape index (κ1) is 12.0. The van der Waals surface area contributed by atoms with Gasteiger partial charge in [-0.1, -0.05) is 12.1 Å². The Bertz CT molecular complexity index is 382. The summed E-state index contributed by atoms with van der Waals surface area (Å²) >= 11 is 0. The molecule has 0 saturated carbocycles. The van der Waals surface area contributed by atoms with Crippen molar-refractivity contribution < 1.29 is 14.3 Å². The van der Waals surface area contributed by atoms with Gasteiger partial charge in [-0.2, -0.15) is 0 Å². The molecule has 1 rings (SSSR count). The third-order valence-electron chi connectivity index (χ3n) is 1.83. The van der Waals surface area contributed by atoms with Crippen LogP contribution >= 0.6 is 0 Å². The second-order valence-corrected chi connectivity index (χ2v) is 2.97. The van der Waals surface area contributed by atoms with Crippen molar-refractivity contribution in [2.75, 3.05) is 11.9 Å². The van der Waals surface area contributed by atoms with E-state index in [-0.39, 0.29) is 5.97 Å². The first-order valence-electron chi connectivity index (χ1n) is 4.91. The van der Waals surface area contributed by atoms with Gasteiger partial charge in [0.1, 0.15) is 0 Å². The van der Waals surface area contributed by atoms with Crippen LogP contribution in [0.1, 0.15) is 12.5 Å². The largest absolute Gasteiger partial charge is 0.463 e. The molecular formula is C12H13NO3. The van der Waals surface area contributed by atoms with Gasteiger partial charge in [-0.15, -0.1) is 0 Å². The zero-order valence-electron chi connectivity index (χ0n) is 8.97. The Morgan fingerprint density at radius 3 is 2.62 bits per heavy atom. The van der Waals surface area contributed by atoms with Crippen molar-refractivity contribution in [3.05, 3.63) is 35.9 Å². The van der Waals surface area contributed by atoms with Crippen LogP contribution in [0.2, 0.25) is 0 Å². The molecule has 0 aliphatic carbocycles. The van der Waals surface area contributed by atoms with E-state index in [1.807, 2.05) is 0 Å². The van der Waals surface area contributed by atoms with Gasteiger partial charge in [0.2, 0.25) is 6.41 Å². The van der Waals surface area contributed by atoms with Crippen molar-refractivity contribution >= 4 is 24.1 Å². The van der Waals surface area contributed by atoms with Crippen LogP contribution in [-0.2, 0) is 14.3 Å². The molecule has 0 atom stereocenters. The van der Waals surface area contributed by atoms with Crippen LogP contribution < -0.4 is 5.32 Å².